The molecule has 2 heterocycles. The first-order valence-corrected chi connectivity index (χ1v) is 13.4. The normalized spacial score (nSPS) is 16.6. The van der Waals surface area contributed by atoms with Crippen molar-refractivity contribution in [2.45, 2.75) is 70.5 Å². The van der Waals surface area contributed by atoms with Gasteiger partial charge in [0, 0.05) is 30.6 Å². The number of aryl methyl sites for hydroxylation is 1. The molecule has 2 unspecified atom stereocenters. The van der Waals surface area contributed by atoms with Gasteiger partial charge in [-0.25, -0.2) is 0 Å². The molecule has 192 valence electrons. The maximum absolute atomic E-state index is 11.7. The van der Waals surface area contributed by atoms with Gasteiger partial charge in [-0.3, -0.25) is 14.8 Å². The largest absolute Gasteiger partial charge is 0.480 e. The summed E-state index contributed by atoms with van der Waals surface area (Å²) in [6.45, 7) is 8.08. The molecule has 2 N–H and O–H groups in total. The number of rotatable bonds is 12. The molecule has 6 nitrogen and oxygen atoms in total. The van der Waals surface area contributed by atoms with E-state index in [9.17, 15) is 9.90 Å². The van der Waals surface area contributed by atoms with Crippen LogP contribution in [0.4, 0.5) is 0 Å². The predicted molar refractivity (Wildman–Crippen MR) is 144 cm³/mol. The summed E-state index contributed by atoms with van der Waals surface area (Å²) in [5.41, 5.74) is 4.99. The molecule has 0 saturated carbocycles. The van der Waals surface area contributed by atoms with Crippen LogP contribution in [0.25, 0.3) is 0 Å². The summed E-state index contributed by atoms with van der Waals surface area (Å²) in [5, 5.41) is 17.9. The minimum atomic E-state index is -0.779. The number of nitrogens with one attached hydrogen (secondary N) is 1. The average Bonchev–Trinajstić information content (AvgIpc) is 3.32. The van der Waals surface area contributed by atoms with Crippen LogP contribution in [0.5, 0.6) is 0 Å². The number of piperidine rings is 1. The highest BCUT2D eigenvalue weighted by molar-refractivity contribution is 5.73. The molecule has 2 aromatic carbocycles. The third-order valence-electron chi connectivity index (χ3n) is 7.44. The van der Waals surface area contributed by atoms with E-state index in [2.05, 4.69) is 70.4 Å². The highest BCUT2D eigenvalue weighted by Gasteiger charge is 2.26. The van der Waals surface area contributed by atoms with Gasteiger partial charge in [0.1, 0.15) is 6.04 Å². The molecule has 0 aliphatic carbocycles. The highest BCUT2D eigenvalue weighted by atomic mass is 16.4. The first kappa shape index (κ1) is 26.1. The number of carbonyl (C=O) groups is 1. The number of aliphatic carboxylic acids is 1. The lowest BCUT2D eigenvalue weighted by Crippen LogP contribution is -2.41. The molecule has 36 heavy (non-hydrogen) atoms. The maximum Gasteiger partial charge on any atom is 0.320 e. The van der Waals surface area contributed by atoms with E-state index >= 15 is 0 Å². The second-order valence-corrected chi connectivity index (χ2v) is 9.87. The van der Waals surface area contributed by atoms with E-state index in [0.717, 1.165) is 63.1 Å². The smallest absolute Gasteiger partial charge is 0.320 e. The summed E-state index contributed by atoms with van der Waals surface area (Å²) in [5.74, 6) is -0.240. The third-order valence-corrected chi connectivity index (χ3v) is 7.44. The summed E-state index contributed by atoms with van der Waals surface area (Å²) in [7, 11) is 0. The molecule has 0 spiro atoms. The van der Waals surface area contributed by atoms with Gasteiger partial charge in [0.25, 0.3) is 0 Å². The number of carboxylic acids is 1. The van der Waals surface area contributed by atoms with Gasteiger partial charge in [-0.1, -0.05) is 67.6 Å². The van der Waals surface area contributed by atoms with Gasteiger partial charge >= 0.3 is 5.97 Å². The molecular weight excluding hydrogens is 448 g/mol. The van der Waals surface area contributed by atoms with Crippen LogP contribution in [-0.4, -0.2) is 51.4 Å². The lowest BCUT2D eigenvalue weighted by atomic mass is 9.92. The fraction of sp³-hybridized carbons (Fsp3) is 0.467. The number of aromatic nitrogens is 2. The van der Waals surface area contributed by atoms with Crippen molar-refractivity contribution in [2.24, 2.45) is 0 Å². The van der Waals surface area contributed by atoms with E-state index < -0.39 is 12.0 Å². The van der Waals surface area contributed by atoms with Crippen LogP contribution in [0.1, 0.15) is 74.0 Å². The number of likely N-dealkylation sites (tertiary alicyclic amines) is 1. The highest BCUT2D eigenvalue weighted by Crippen LogP contribution is 2.30. The van der Waals surface area contributed by atoms with E-state index in [-0.39, 0.29) is 6.04 Å². The summed E-state index contributed by atoms with van der Waals surface area (Å²) in [6.07, 6.45) is 4.61. The minimum Gasteiger partial charge on any atom is -0.480 e. The van der Waals surface area contributed by atoms with Crippen molar-refractivity contribution < 1.29 is 9.90 Å². The van der Waals surface area contributed by atoms with Gasteiger partial charge in [0.15, 0.2) is 0 Å². The predicted octanol–water partition coefficient (Wildman–Crippen LogP) is 5.26. The van der Waals surface area contributed by atoms with Crippen LogP contribution < -0.4 is 5.32 Å². The monoisotopic (exact) mass is 488 g/mol. The molecule has 0 radical (unpaired) electrons. The first-order valence-electron chi connectivity index (χ1n) is 13.4. The fourth-order valence-corrected chi connectivity index (χ4v) is 5.36. The van der Waals surface area contributed by atoms with Crippen LogP contribution in [-0.2, 0) is 17.8 Å². The van der Waals surface area contributed by atoms with E-state index in [1.807, 2.05) is 25.1 Å². The van der Waals surface area contributed by atoms with E-state index in [1.165, 1.54) is 11.3 Å². The lowest BCUT2D eigenvalue weighted by molar-refractivity contribution is -0.139. The van der Waals surface area contributed by atoms with Crippen molar-refractivity contribution in [3.8, 4) is 0 Å². The Bertz CT molecular complexity index is 1070. The molecule has 1 aromatic heterocycles. The summed E-state index contributed by atoms with van der Waals surface area (Å²) >= 11 is 0. The summed E-state index contributed by atoms with van der Waals surface area (Å²) in [6, 6.07) is 22.6. The van der Waals surface area contributed by atoms with Gasteiger partial charge in [-0.2, -0.15) is 5.10 Å². The number of hydrogen-bond acceptors (Lipinski definition) is 4. The molecular formula is C30H40N4O2. The van der Waals surface area contributed by atoms with Gasteiger partial charge in [0.2, 0.25) is 0 Å². The number of carboxylic acid groups (broad SMARTS) is 1. The van der Waals surface area contributed by atoms with E-state index in [0.29, 0.717) is 12.3 Å². The summed E-state index contributed by atoms with van der Waals surface area (Å²) < 4.78 is 2.20. The quantitative estimate of drug-likeness (QED) is 0.364. The molecule has 0 bridgehead atoms. The zero-order chi connectivity index (χ0) is 25.3. The molecule has 6 heteroatoms. The maximum atomic E-state index is 11.7. The van der Waals surface area contributed by atoms with Crippen molar-refractivity contribution in [3.05, 3.63) is 89.2 Å². The second-order valence-electron chi connectivity index (χ2n) is 9.87. The van der Waals surface area contributed by atoms with Crippen molar-refractivity contribution >= 4 is 5.97 Å². The van der Waals surface area contributed by atoms with E-state index in [4.69, 9.17) is 5.10 Å². The van der Waals surface area contributed by atoms with Crippen molar-refractivity contribution in [2.75, 3.05) is 19.6 Å². The van der Waals surface area contributed by atoms with Gasteiger partial charge in [-0.05, 0) is 69.4 Å². The van der Waals surface area contributed by atoms with Crippen molar-refractivity contribution in [3.63, 3.8) is 0 Å². The van der Waals surface area contributed by atoms with Gasteiger partial charge in [-0.15, -0.1) is 0 Å². The molecule has 1 aliphatic rings. The van der Waals surface area contributed by atoms with Crippen LogP contribution in [0, 0.1) is 0 Å². The Hall–Kier alpha value is -2.96. The third kappa shape index (κ3) is 6.83. The number of nitrogens with zero attached hydrogens (tertiary/aromatic N) is 3. The zero-order valence-electron chi connectivity index (χ0n) is 21.6. The van der Waals surface area contributed by atoms with Crippen molar-refractivity contribution in [1.82, 2.24) is 20.0 Å². The summed E-state index contributed by atoms with van der Waals surface area (Å²) in [4.78, 5) is 14.2. The minimum absolute atomic E-state index is 0.0343. The molecule has 3 aromatic rings. The zero-order valence-corrected chi connectivity index (χ0v) is 21.6. The molecule has 2 atom stereocenters. The van der Waals surface area contributed by atoms with Crippen LogP contribution in [0.2, 0.25) is 0 Å². The number of hydrogen-bond donors (Lipinski definition) is 2. The second kappa shape index (κ2) is 12.8. The Morgan fingerprint density at radius 2 is 1.72 bits per heavy atom. The standard InChI is InChI=1S/C30H40N4O2/c1-3-27(30(35)36)31-28(24-13-9-6-10-14-24)17-20-33-18-15-25(16-19-33)29-22-26(32-34(29)4-2)21-23-11-7-5-8-12-23/h5-14,22,25,27-28,31H,3-4,15-21H2,1-2H3,(H,35,36). The SMILES string of the molecule is CCC(NC(CCN1CCC(c2cc(Cc3ccccc3)nn2CC)CC1)c1ccccc1)C(=O)O. The topological polar surface area (TPSA) is 70.4 Å². The Balaban J connectivity index is 1.34. The molecule has 4 rings (SSSR count). The number of benzene rings is 2. The molecule has 1 fully saturated rings. The molecule has 0 amide bonds. The van der Waals surface area contributed by atoms with E-state index in [1.54, 1.807) is 0 Å². The van der Waals surface area contributed by atoms with Gasteiger partial charge < -0.3 is 10.0 Å². The van der Waals surface area contributed by atoms with Crippen LogP contribution >= 0.6 is 0 Å². The van der Waals surface area contributed by atoms with Crippen LogP contribution in [0.15, 0.2) is 66.7 Å². The fourth-order valence-electron chi connectivity index (χ4n) is 5.36. The average molecular weight is 489 g/mol. The van der Waals surface area contributed by atoms with Gasteiger partial charge in [0.05, 0.1) is 5.69 Å². The lowest BCUT2D eigenvalue weighted by Gasteiger charge is -2.33. The molecule has 1 aliphatic heterocycles. The van der Waals surface area contributed by atoms with Crippen molar-refractivity contribution in [1.29, 1.82) is 0 Å². The Morgan fingerprint density at radius 3 is 2.33 bits per heavy atom. The Morgan fingerprint density at radius 1 is 1.06 bits per heavy atom. The Kier molecular flexibility index (Phi) is 9.31. The first-order chi connectivity index (χ1) is 17.6. The molecule has 1 saturated heterocycles. The Labute approximate surface area is 215 Å². The van der Waals surface area contributed by atoms with Crippen LogP contribution in [0.3, 0.4) is 0 Å².